The van der Waals surface area contributed by atoms with E-state index in [-0.39, 0.29) is 0 Å². The van der Waals surface area contributed by atoms with Gasteiger partial charge in [0.1, 0.15) is 4.90 Å². The van der Waals surface area contributed by atoms with Crippen molar-refractivity contribution in [3.63, 3.8) is 0 Å². The minimum atomic E-state index is -4.88. The number of nitro groups is 1. The van der Waals surface area contributed by atoms with Crippen molar-refractivity contribution in [3.8, 4) is 11.3 Å². The summed E-state index contributed by atoms with van der Waals surface area (Å²) >= 11 is 1.000. The summed E-state index contributed by atoms with van der Waals surface area (Å²) in [6, 6.07) is 18.0. The minimum Gasteiger partial charge on any atom is -0.354 e. The highest BCUT2D eigenvalue weighted by Gasteiger charge is 2.30. The second-order valence-corrected chi connectivity index (χ2v) is 8.81. The molecule has 1 N–H and O–H groups in total. The quantitative estimate of drug-likeness (QED) is 0.266. The van der Waals surface area contributed by atoms with Crippen molar-refractivity contribution in [2.45, 2.75) is 10.8 Å². The first kappa shape index (κ1) is 19.3. The Morgan fingerprint density at radius 2 is 1.79 bits per heavy atom. The first-order valence-corrected chi connectivity index (χ1v) is 10.9. The highest BCUT2D eigenvalue weighted by atomic mass is 32.3. The molecule has 1 unspecified atom stereocenters. The van der Waals surface area contributed by atoms with E-state index < -0.39 is 32.5 Å². The summed E-state index contributed by atoms with van der Waals surface area (Å²) in [5.74, 6) is -0.739. The SMILES string of the molecule is O=[N+]([O-])CC(c1cc(S(=O)(=O)F)cs1)c1c(-c2ccccc2)[nH]c2ccccc12. The molecule has 4 aromatic rings. The topological polar surface area (TPSA) is 93.1 Å². The number of H-pyrrole nitrogens is 1. The van der Waals surface area contributed by atoms with Gasteiger partial charge in [0.05, 0.1) is 11.6 Å². The zero-order chi connectivity index (χ0) is 20.6. The molecule has 0 saturated carbocycles. The third kappa shape index (κ3) is 3.79. The minimum absolute atomic E-state index is 0.417. The molecule has 0 aliphatic heterocycles. The lowest BCUT2D eigenvalue weighted by Gasteiger charge is -2.14. The molecule has 0 aliphatic rings. The average molecular weight is 430 g/mol. The Morgan fingerprint density at radius 3 is 2.45 bits per heavy atom. The molecule has 2 heterocycles. The Hall–Kier alpha value is -3.04. The Balaban J connectivity index is 1.97. The van der Waals surface area contributed by atoms with Gasteiger partial charge in [-0.25, -0.2) is 0 Å². The van der Waals surface area contributed by atoms with E-state index in [0.717, 1.165) is 33.5 Å². The van der Waals surface area contributed by atoms with Crippen molar-refractivity contribution in [2.24, 2.45) is 0 Å². The molecule has 1 atom stereocenters. The summed E-state index contributed by atoms with van der Waals surface area (Å²) in [5, 5.41) is 13.5. The molecule has 0 radical (unpaired) electrons. The van der Waals surface area contributed by atoms with Crippen LogP contribution in [0, 0.1) is 10.1 Å². The van der Waals surface area contributed by atoms with Crippen LogP contribution in [0.15, 0.2) is 70.9 Å². The average Bonchev–Trinajstić information content (AvgIpc) is 3.32. The number of rotatable bonds is 6. The Kier molecular flexibility index (Phi) is 4.93. The van der Waals surface area contributed by atoms with E-state index >= 15 is 0 Å². The maximum atomic E-state index is 13.4. The van der Waals surface area contributed by atoms with Crippen LogP contribution in [0.1, 0.15) is 16.4 Å². The maximum absolute atomic E-state index is 13.4. The van der Waals surface area contributed by atoms with E-state index in [2.05, 4.69) is 4.98 Å². The van der Waals surface area contributed by atoms with Crippen LogP contribution in [0.3, 0.4) is 0 Å². The van der Waals surface area contributed by atoms with E-state index in [4.69, 9.17) is 0 Å². The predicted molar refractivity (Wildman–Crippen MR) is 110 cm³/mol. The van der Waals surface area contributed by atoms with Gasteiger partial charge in [-0.3, -0.25) is 10.1 Å². The smallest absolute Gasteiger partial charge is 0.332 e. The van der Waals surface area contributed by atoms with Crippen LogP contribution in [-0.2, 0) is 10.2 Å². The molecule has 0 saturated heterocycles. The maximum Gasteiger partial charge on any atom is 0.332 e. The molecule has 148 valence electrons. The number of para-hydroxylation sites is 1. The number of fused-ring (bicyclic) bond motifs is 1. The van der Waals surface area contributed by atoms with Gasteiger partial charge in [0.2, 0.25) is 6.54 Å². The Labute approximate surface area is 170 Å². The summed E-state index contributed by atoms with van der Waals surface area (Å²) in [5.41, 5.74) is 3.07. The third-order valence-electron chi connectivity index (χ3n) is 4.71. The van der Waals surface area contributed by atoms with Gasteiger partial charge in [-0.2, -0.15) is 8.42 Å². The number of hydrogen-bond donors (Lipinski definition) is 1. The van der Waals surface area contributed by atoms with E-state index in [1.807, 2.05) is 54.6 Å². The predicted octanol–water partition coefficient (Wildman–Crippen LogP) is 4.96. The second kappa shape index (κ2) is 7.41. The van der Waals surface area contributed by atoms with Crippen molar-refractivity contribution in [2.75, 3.05) is 6.54 Å². The highest BCUT2D eigenvalue weighted by Crippen LogP contribution is 2.41. The molecule has 2 aromatic heterocycles. The lowest BCUT2D eigenvalue weighted by Crippen LogP contribution is -2.13. The summed E-state index contributed by atoms with van der Waals surface area (Å²) in [4.78, 5) is 14.3. The van der Waals surface area contributed by atoms with Crippen LogP contribution in [0.4, 0.5) is 3.89 Å². The normalized spacial score (nSPS) is 12.9. The lowest BCUT2D eigenvalue weighted by atomic mass is 9.92. The van der Waals surface area contributed by atoms with Crippen LogP contribution >= 0.6 is 11.3 Å². The molecule has 0 spiro atoms. The molecular formula is C20H15FN2O4S2. The van der Waals surface area contributed by atoms with E-state index in [0.29, 0.717) is 10.4 Å². The van der Waals surface area contributed by atoms with Gasteiger partial charge in [-0.1, -0.05) is 48.5 Å². The van der Waals surface area contributed by atoms with Crippen molar-refractivity contribution in [1.82, 2.24) is 4.98 Å². The molecule has 0 bridgehead atoms. The first-order valence-electron chi connectivity index (χ1n) is 8.65. The van der Waals surface area contributed by atoms with Gasteiger partial charge < -0.3 is 4.98 Å². The van der Waals surface area contributed by atoms with Crippen molar-refractivity contribution in [3.05, 3.63) is 86.6 Å². The summed E-state index contributed by atoms with van der Waals surface area (Å²) < 4.78 is 36.0. The standard InChI is InChI=1S/C20H15FN2O4S2/c21-29(26,27)14-10-18(28-12-14)16(11-23(24)25)19-15-8-4-5-9-17(15)22-20(19)13-6-2-1-3-7-13/h1-10,12,16,22H,11H2. The lowest BCUT2D eigenvalue weighted by molar-refractivity contribution is -0.481. The third-order valence-corrected chi connectivity index (χ3v) is 6.70. The summed E-state index contributed by atoms with van der Waals surface area (Å²) in [6.45, 7) is -0.450. The van der Waals surface area contributed by atoms with E-state index in [1.54, 1.807) is 0 Å². The number of hydrogen-bond acceptors (Lipinski definition) is 5. The zero-order valence-corrected chi connectivity index (χ0v) is 16.5. The molecular weight excluding hydrogens is 415 g/mol. The molecule has 0 amide bonds. The zero-order valence-electron chi connectivity index (χ0n) is 14.9. The molecule has 0 aliphatic carbocycles. The number of nitrogens with one attached hydrogen (secondary N) is 1. The van der Waals surface area contributed by atoms with Crippen LogP contribution in [0.2, 0.25) is 0 Å². The largest absolute Gasteiger partial charge is 0.354 e. The van der Waals surface area contributed by atoms with Crippen LogP contribution in [0.25, 0.3) is 22.2 Å². The fourth-order valence-electron chi connectivity index (χ4n) is 3.48. The van der Waals surface area contributed by atoms with Crippen molar-refractivity contribution < 1.29 is 17.2 Å². The number of aromatic amines is 1. The van der Waals surface area contributed by atoms with Crippen molar-refractivity contribution >= 4 is 32.5 Å². The molecule has 4 rings (SSSR count). The van der Waals surface area contributed by atoms with E-state index in [9.17, 15) is 22.4 Å². The summed E-state index contributed by atoms with van der Waals surface area (Å²) in [6.07, 6.45) is 0. The van der Waals surface area contributed by atoms with Gasteiger partial charge in [-0.05, 0) is 17.7 Å². The monoisotopic (exact) mass is 430 g/mol. The van der Waals surface area contributed by atoms with E-state index in [1.165, 1.54) is 11.4 Å². The molecule has 2 aromatic carbocycles. The summed E-state index contributed by atoms with van der Waals surface area (Å²) in [7, 11) is -4.88. The van der Waals surface area contributed by atoms with Gasteiger partial charge in [0.15, 0.2) is 0 Å². The van der Waals surface area contributed by atoms with Crippen LogP contribution in [0.5, 0.6) is 0 Å². The number of aromatic nitrogens is 1. The number of thiophene rings is 1. The number of benzene rings is 2. The van der Waals surface area contributed by atoms with Crippen molar-refractivity contribution in [1.29, 1.82) is 0 Å². The van der Waals surface area contributed by atoms with Gasteiger partial charge in [-0.15, -0.1) is 15.2 Å². The first-order chi connectivity index (χ1) is 13.8. The van der Waals surface area contributed by atoms with Gasteiger partial charge in [0, 0.05) is 31.6 Å². The van der Waals surface area contributed by atoms with Gasteiger partial charge in [0.25, 0.3) is 0 Å². The van der Waals surface area contributed by atoms with Gasteiger partial charge >= 0.3 is 10.2 Å². The van der Waals surface area contributed by atoms with Crippen LogP contribution in [-0.4, -0.2) is 24.9 Å². The molecule has 29 heavy (non-hydrogen) atoms. The van der Waals surface area contributed by atoms with Crippen LogP contribution < -0.4 is 0 Å². The fourth-order valence-corrected chi connectivity index (χ4v) is 5.29. The molecule has 0 fully saturated rings. The number of nitrogens with zero attached hydrogens (tertiary/aromatic N) is 1. The fraction of sp³-hybridized carbons (Fsp3) is 0.100. The second-order valence-electron chi connectivity index (χ2n) is 6.52. The number of halogens is 1. The molecule has 9 heteroatoms. The Morgan fingerprint density at radius 1 is 1.10 bits per heavy atom. The Bertz CT molecular complexity index is 1300. The highest BCUT2D eigenvalue weighted by molar-refractivity contribution is 7.86. The molecule has 6 nitrogen and oxygen atoms in total.